The van der Waals surface area contributed by atoms with Crippen molar-refractivity contribution in [2.75, 3.05) is 13.2 Å². The highest BCUT2D eigenvalue weighted by molar-refractivity contribution is 5.64. The number of amides is 2. The molecule has 6 heteroatoms. The summed E-state index contributed by atoms with van der Waals surface area (Å²) >= 11 is 0. The smallest absolute Gasteiger partial charge is 0.404 e. The molecular formula is C33H50N2O4. The van der Waals surface area contributed by atoms with E-state index in [1.165, 1.54) is 68.9 Å². The van der Waals surface area contributed by atoms with Crippen molar-refractivity contribution in [2.24, 2.45) is 34.1 Å². The molecule has 6 nitrogen and oxygen atoms in total. The number of aryl methyl sites for hydroxylation is 2. The van der Waals surface area contributed by atoms with Crippen LogP contribution in [0.5, 0.6) is 0 Å². The highest BCUT2D eigenvalue weighted by Crippen LogP contribution is 2.69. The molecule has 2 bridgehead atoms. The number of benzene rings is 2. The molecule has 2 fully saturated rings. The van der Waals surface area contributed by atoms with Crippen LogP contribution in [0.3, 0.4) is 0 Å². The molecule has 2 amide bonds. The SMILES string of the molecule is CC12CCC(C1)C(CCCc1ccccc1)C2(C)CCCc1ccccc1.CCOC(N)=O.CCOC(N)=O. The Morgan fingerprint density at radius 3 is 1.74 bits per heavy atom. The summed E-state index contributed by atoms with van der Waals surface area (Å²) < 4.78 is 8.36. The summed E-state index contributed by atoms with van der Waals surface area (Å²) in [6.07, 6.45) is 11.1. The van der Waals surface area contributed by atoms with Crippen molar-refractivity contribution >= 4 is 12.2 Å². The third-order valence-corrected chi connectivity index (χ3v) is 8.95. The summed E-state index contributed by atoms with van der Waals surface area (Å²) in [7, 11) is 0. The van der Waals surface area contributed by atoms with Crippen LogP contribution in [0.1, 0.15) is 83.8 Å². The Bertz CT molecular complexity index is 968. The van der Waals surface area contributed by atoms with Crippen molar-refractivity contribution in [3.8, 4) is 0 Å². The average molecular weight is 539 g/mol. The number of carbonyl (C=O) groups excluding carboxylic acids is 2. The largest absolute Gasteiger partial charge is 0.450 e. The van der Waals surface area contributed by atoms with E-state index in [1.807, 2.05) is 0 Å². The molecule has 4 atom stereocenters. The molecule has 216 valence electrons. The van der Waals surface area contributed by atoms with Gasteiger partial charge in [0.1, 0.15) is 0 Å². The lowest BCUT2D eigenvalue weighted by atomic mass is 9.57. The lowest BCUT2D eigenvalue weighted by molar-refractivity contribution is 0.0149. The van der Waals surface area contributed by atoms with Crippen molar-refractivity contribution in [3.63, 3.8) is 0 Å². The first-order valence-electron chi connectivity index (χ1n) is 14.6. The summed E-state index contributed by atoms with van der Waals surface area (Å²) in [5.74, 6) is 1.93. The van der Waals surface area contributed by atoms with E-state index in [0.717, 1.165) is 11.8 Å². The van der Waals surface area contributed by atoms with Crippen LogP contribution in [0.2, 0.25) is 0 Å². The summed E-state index contributed by atoms with van der Waals surface area (Å²) in [6.45, 7) is 9.39. The normalized spacial score (nSPS) is 24.5. The van der Waals surface area contributed by atoms with Gasteiger partial charge in [0.25, 0.3) is 0 Å². The Morgan fingerprint density at radius 1 is 0.821 bits per heavy atom. The minimum Gasteiger partial charge on any atom is -0.450 e. The van der Waals surface area contributed by atoms with Gasteiger partial charge in [-0.15, -0.1) is 0 Å². The fraction of sp³-hybridized carbons (Fsp3) is 0.576. The molecule has 4 N–H and O–H groups in total. The van der Waals surface area contributed by atoms with Gasteiger partial charge in [-0.05, 0) is 105 Å². The zero-order valence-electron chi connectivity index (χ0n) is 24.5. The van der Waals surface area contributed by atoms with E-state index < -0.39 is 12.2 Å². The van der Waals surface area contributed by atoms with E-state index in [1.54, 1.807) is 13.8 Å². The second kappa shape index (κ2) is 16.2. The van der Waals surface area contributed by atoms with Crippen LogP contribution in [-0.2, 0) is 22.3 Å². The van der Waals surface area contributed by atoms with Crippen molar-refractivity contribution in [1.29, 1.82) is 0 Å². The number of nitrogens with two attached hydrogens (primary N) is 2. The second-order valence-electron chi connectivity index (χ2n) is 11.3. The van der Waals surface area contributed by atoms with Crippen LogP contribution < -0.4 is 11.5 Å². The summed E-state index contributed by atoms with van der Waals surface area (Å²) in [6, 6.07) is 22.2. The topological polar surface area (TPSA) is 105 Å². The van der Waals surface area contributed by atoms with Crippen molar-refractivity contribution in [3.05, 3.63) is 71.8 Å². The first-order chi connectivity index (χ1) is 18.6. The number of hydrogen-bond donors (Lipinski definition) is 2. The first-order valence-corrected chi connectivity index (χ1v) is 14.6. The first kappa shape index (κ1) is 32.2. The van der Waals surface area contributed by atoms with Gasteiger partial charge in [0.2, 0.25) is 0 Å². The molecule has 0 saturated heterocycles. The average Bonchev–Trinajstić information content (AvgIpc) is 3.39. The standard InChI is InChI=1S/C27H36.2C3H7NO2/c1-26-20-18-24(21-26)25(17-9-15-22-11-5-3-6-12-22)27(26,2)19-10-16-23-13-7-4-8-14-23;2*1-2-6-3(4)5/h3-8,11-14,24-25H,9-10,15-21H2,1-2H3;2*2H2,1H3,(H2,4,5). The summed E-state index contributed by atoms with van der Waals surface area (Å²) in [5.41, 5.74) is 13.2. The fourth-order valence-corrected chi connectivity index (χ4v) is 6.92. The molecule has 4 rings (SSSR count). The molecule has 4 unspecified atom stereocenters. The maximum Gasteiger partial charge on any atom is 0.404 e. The summed E-state index contributed by atoms with van der Waals surface area (Å²) in [4.78, 5) is 19.2. The molecule has 0 aromatic heterocycles. The number of primary amides is 2. The van der Waals surface area contributed by atoms with E-state index in [9.17, 15) is 9.59 Å². The predicted octanol–water partition coefficient (Wildman–Crippen LogP) is 7.68. The van der Waals surface area contributed by atoms with Crippen molar-refractivity contribution < 1.29 is 19.1 Å². The third-order valence-electron chi connectivity index (χ3n) is 8.95. The number of carbonyl (C=O) groups is 2. The number of hydrogen-bond acceptors (Lipinski definition) is 4. The molecule has 2 aliphatic rings. The molecule has 39 heavy (non-hydrogen) atoms. The van der Waals surface area contributed by atoms with Gasteiger partial charge in [0.15, 0.2) is 0 Å². The van der Waals surface area contributed by atoms with Gasteiger partial charge in [-0.1, -0.05) is 74.5 Å². The van der Waals surface area contributed by atoms with Crippen LogP contribution in [0.4, 0.5) is 9.59 Å². The van der Waals surface area contributed by atoms with Crippen LogP contribution in [-0.4, -0.2) is 25.4 Å². The molecule has 0 spiro atoms. The second-order valence-corrected chi connectivity index (χ2v) is 11.3. The van der Waals surface area contributed by atoms with Gasteiger partial charge in [-0.2, -0.15) is 0 Å². The van der Waals surface area contributed by atoms with Gasteiger partial charge in [-0.25, -0.2) is 9.59 Å². The minimum absolute atomic E-state index is 0.356. The highest BCUT2D eigenvalue weighted by Gasteiger charge is 2.60. The Morgan fingerprint density at radius 2 is 1.31 bits per heavy atom. The van der Waals surface area contributed by atoms with E-state index in [-0.39, 0.29) is 0 Å². The molecule has 0 heterocycles. The van der Waals surface area contributed by atoms with E-state index in [2.05, 4.69) is 95.5 Å². The summed E-state index contributed by atoms with van der Waals surface area (Å²) in [5, 5.41) is 0. The van der Waals surface area contributed by atoms with Gasteiger partial charge in [0.05, 0.1) is 13.2 Å². The highest BCUT2D eigenvalue weighted by atomic mass is 16.5. The van der Waals surface area contributed by atoms with Crippen LogP contribution in [0, 0.1) is 22.7 Å². The molecule has 2 aromatic rings. The van der Waals surface area contributed by atoms with Crippen LogP contribution in [0.25, 0.3) is 0 Å². The fourth-order valence-electron chi connectivity index (χ4n) is 6.92. The Balaban J connectivity index is 0.000000374. The van der Waals surface area contributed by atoms with E-state index in [0.29, 0.717) is 24.0 Å². The molecule has 0 aliphatic heterocycles. The van der Waals surface area contributed by atoms with E-state index >= 15 is 0 Å². The molecule has 0 radical (unpaired) electrons. The van der Waals surface area contributed by atoms with Gasteiger partial charge in [0, 0.05) is 0 Å². The zero-order chi connectivity index (χ0) is 28.7. The zero-order valence-corrected chi connectivity index (χ0v) is 24.5. The van der Waals surface area contributed by atoms with Crippen molar-refractivity contribution in [1.82, 2.24) is 0 Å². The van der Waals surface area contributed by atoms with Crippen molar-refractivity contribution in [2.45, 2.75) is 85.5 Å². The lowest BCUT2D eigenvalue weighted by Crippen LogP contribution is -2.40. The predicted molar refractivity (Wildman–Crippen MR) is 158 cm³/mol. The monoisotopic (exact) mass is 538 g/mol. The maximum atomic E-state index is 9.60. The van der Waals surface area contributed by atoms with Gasteiger partial charge < -0.3 is 20.9 Å². The number of fused-ring (bicyclic) bond motifs is 2. The Labute approximate surface area is 235 Å². The number of rotatable bonds is 10. The Hall–Kier alpha value is -3.02. The molecule has 2 saturated carbocycles. The van der Waals surface area contributed by atoms with E-state index in [4.69, 9.17) is 0 Å². The number of ether oxygens (including phenoxy) is 2. The Kier molecular flexibility index (Phi) is 13.3. The van der Waals surface area contributed by atoms with Gasteiger partial charge >= 0.3 is 12.2 Å². The van der Waals surface area contributed by atoms with Gasteiger partial charge in [-0.3, -0.25) is 0 Å². The minimum atomic E-state index is -0.711. The maximum absolute atomic E-state index is 9.60. The lowest BCUT2D eigenvalue weighted by Gasteiger charge is -2.48. The van der Waals surface area contributed by atoms with Crippen LogP contribution >= 0.6 is 0 Å². The van der Waals surface area contributed by atoms with Crippen LogP contribution in [0.15, 0.2) is 60.7 Å². The third kappa shape index (κ3) is 9.90. The molecule has 2 aliphatic carbocycles. The molecular weight excluding hydrogens is 488 g/mol. The quantitative estimate of drug-likeness (QED) is 0.324. The molecule has 2 aromatic carbocycles.